The second-order valence-corrected chi connectivity index (χ2v) is 18.3. The van der Waals surface area contributed by atoms with Crippen LogP contribution in [-0.2, 0) is 25.7 Å². The fourth-order valence-electron chi connectivity index (χ4n) is 8.78. The van der Waals surface area contributed by atoms with Gasteiger partial charge in [-0.05, 0) is 172 Å². The zero-order valence-electron chi connectivity index (χ0n) is 37.0. The number of aryl methyl sites for hydroxylation is 4. The van der Waals surface area contributed by atoms with Gasteiger partial charge in [-0.15, -0.1) is 0 Å². The maximum atomic E-state index is 6.45. The summed E-state index contributed by atoms with van der Waals surface area (Å²) in [5.74, 6) is 16.3. The molecule has 2 aliphatic rings. The van der Waals surface area contributed by atoms with Gasteiger partial charge in [0.1, 0.15) is 0 Å². The van der Waals surface area contributed by atoms with E-state index in [1.165, 1.54) is 155 Å². The van der Waals surface area contributed by atoms with Crippen molar-refractivity contribution in [1.29, 1.82) is 0 Å². The molecule has 4 aromatic carbocycles. The van der Waals surface area contributed by atoms with E-state index in [-0.39, 0.29) is 0 Å². The van der Waals surface area contributed by atoms with Crippen LogP contribution in [-0.4, -0.2) is 0 Å². The Hall–Kier alpha value is -3.42. The van der Waals surface area contributed by atoms with Crippen LogP contribution < -0.4 is 0 Å². The fraction of sp³-hybridized carbons (Fsp3) is 0.509. The van der Waals surface area contributed by atoms with E-state index in [4.69, 9.17) is 23.2 Å². The number of unbranched alkanes of at least 4 members (excludes halogenated alkanes) is 5. The molecule has 2 fully saturated rings. The van der Waals surface area contributed by atoms with Gasteiger partial charge in [0, 0.05) is 33.0 Å². The molecule has 0 unspecified atom stereocenters. The van der Waals surface area contributed by atoms with Crippen LogP contribution in [0.3, 0.4) is 0 Å². The highest BCUT2D eigenvalue weighted by molar-refractivity contribution is 6.31. The molecule has 314 valence electrons. The van der Waals surface area contributed by atoms with Gasteiger partial charge >= 0.3 is 0 Å². The molecule has 0 saturated heterocycles. The Morgan fingerprint density at radius 1 is 0.424 bits per heavy atom. The van der Waals surface area contributed by atoms with Crippen molar-refractivity contribution in [3.05, 3.63) is 139 Å². The molecule has 0 spiro atoms. The third-order valence-electron chi connectivity index (χ3n) is 12.8. The zero-order chi connectivity index (χ0) is 41.7. The van der Waals surface area contributed by atoms with Crippen molar-refractivity contribution in [3.8, 4) is 23.7 Å². The monoisotopic (exact) mass is 827 g/mol. The number of hydrogen-bond donors (Lipinski definition) is 0. The van der Waals surface area contributed by atoms with Gasteiger partial charge in [-0.25, -0.2) is 0 Å². The molecule has 0 radical (unpaired) electrons. The first kappa shape index (κ1) is 46.6. The van der Waals surface area contributed by atoms with Gasteiger partial charge in [0.15, 0.2) is 0 Å². The molecular weight excluding hydrogens is 756 g/mol. The topological polar surface area (TPSA) is 0 Å². The Morgan fingerprint density at radius 3 is 1.17 bits per heavy atom. The molecule has 0 aliphatic heterocycles. The maximum Gasteiger partial charge on any atom is 0.0450 e. The first-order valence-electron chi connectivity index (χ1n) is 23.7. The van der Waals surface area contributed by atoms with Crippen molar-refractivity contribution in [1.82, 2.24) is 0 Å². The molecule has 6 rings (SSSR count). The first-order valence-corrected chi connectivity index (χ1v) is 24.4. The standard InChI is InChI=1S/C29H37Cl.C28H35Cl/c1-3-5-7-8-23-12-17-26(18-13-23)27-19-14-24(15-20-27)10-11-25-16-21-28(9-6-4-2)29(30)22-25;1-3-5-7-22-11-16-25(17-12-22)26-18-13-23(14-19-26)9-10-24-15-20-27(8-6-4-2)28(29)21-24/h12-13,16-18,21-22,24,27H,3-9,14-15,19-20H2,1-2H3;11-12,15-17,20-21,23,26H,3-8,13-14,18-19H2,1-2H3. The lowest BCUT2D eigenvalue weighted by atomic mass is 9.78. The second kappa shape index (κ2) is 26.0. The molecule has 0 N–H and O–H groups in total. The molecule has 0 atom stereocenters. The van der Waals surface area contributed by atoms with E-state index in [1.807, 2.05) is 12.1 Å². The summed E-state index contributed by atoms with van der Waals surface area (Å²) in [5, 5.41) is 1.74. The van der Waals surface area contributed by atoms with Gasteiger partial charge in [0.25, 0.3) is 0 Å². The lowest BCUT2D eigenvalue weighted by Crippen LogP contribution is -2.12. The fourth-order valence-corrected chi connectivity index (χ4v) is 9.33. The van der Waals surface area contributed by atoms with E-state index in [9.17, 15) is 0 Å². The van der Waals surface area contributed by atoms with Crippen molar-refractivity contribution >= 4 is 23.2 Å². The average molecular weight is 828 g/mol. The molecule has 2 saturated carbocycles. The Balaban J connectivity index is 0.000000224. The number of benzene rings is 4. The van der Waals surface area contributed by atoms with Crippen LogP contribution in [0.2, 0.25) is 10.0 Å². The van der Waals surface area contributed by atoms with E-state index in [0.717, 1.165) is 34.0 Å². The summed E-state index contributed by atoms with van der Waals surface area (Å²) in [5.41, 5.74) is 10.6. The molecule has 0 nitrogen and oxygen atoms in total. The highest BCUT2D eigenvalue weighted by Crippen LogP contribution is 2.37. The van der Waals surface area contributed by atoms with E-state index < -0.39 is 0 Å². The van der Waals surface area contributed by atoms with Crippen LogP contribution >= 0.6 is 23.2 Å². The third-order valence-corrected chi connectivity index (χ3v) is 13.5. The largest absolute Gasteiger partial charge is 0.0945 e. The van der Waals surface area contributed by atoms with E-state index >= 15 is 0 Å². The summed E-state index contributed by atoms with van der Waals surface area (Å²) in [6.45, 7) is 8.95. The highest BCUT2D eigenvalue weighted by atomic mass is 35.5. The molecule has 2 heteroatoms. The second-order valence-electron chi connectivity index (χ2n) is 17.5. The van der Waals surface area contributed by atoms with Gasteiger partial charge < -0.3 is 0 Å². The van der Waals surface area contributed by atoms with Crippen molar-refractivity contribution in [2.75, 3.05) is 0 Å². The maximum absolute atomic E-state index is 6.45. The minimum atomic E-state index is 0.521. The summed E-state index contributed by atoms with van der Waals surface area (Å²) in [6.07, 6.45) is 25.7. The summed E-state index contributed by atoms with van der Waals surface area (Å²) >= 11 is 12.9. The number of hydrogen-bond acceptors (Lipinski definition) is 0. The quantitative estimate of drug-likeness (QED) is 0.0827. The van der Waals surface area contributed by atoms with Gasteiger partial charge in [-0.3, -0.25) is 0 Å². The zero-order valence-corrected chi connectivity index (χ0v) is 38.5. The molecule has 2 aliphatic carbocycles. The van der Waals surface area contributed by atoms with Gasteiger partial charge in [0.05, 0.1) is 0 Å². The van der Waals surface area contributed by atoms with Crippen molar-refractivity contribution < 1.29 is 0 Å². The molecule has 0 bridgehead atoms. The summed E-state index contributed by atoms with van der Waals surface area (Å²) in [4.78, 5) is 0. The van der Waals surface area contributed by atoms with E-state index in [1.54, 1.807) is 0 Å². The van der Waals surface area contributed by atoms with Crippen molar-refractivity contribution in [3.63, 3.8) is 0 Å². The average Bonchev–Trinajstić information content (AvgIpc) is 3.27. The van der Waals surface area contributed by atoms with Gasteiger partial charge in [0.2, 0.25) is 0 Å². The Labute approximate surface area is 370 Å². The molecule has 0 heterocycles. The number of rotatable bonds is 15. The SMILES string of the molecule is CCCCCc1ccc(C2CCC(C#Cc3ccc(CCCC)c(Cl)c3)CC2)cc1.CCCCc1ccc(C2CCC(C#Cc3ccc(CCCC)c(Cl)c3)CC2)cc1. The van der Waals surface area contributed by atoms with Crippen LogP contribution in [0.4, 0.5) is 0 Å². The molecule has 4 aromatic rings. The normalized spacial score (nSPS) is 18.7. The predicted octanol–water partition coefficient (Wildman–Crippen LogP) is 17.1. The highest BCUT2D eigenvalue weighted by Gasteiger charge is 2.22. The van der Waals surface area contributed by atoms with Crippen LogP contribution in [0.5, 0.6) is 0 Å². The molecule has 0 aromatic heterocycles. The van der Waals surface area contributed by atoms with Crippen molar-refractivity contribution in [2.24, 2.45) is 11.8 Å². The lowest BCUT2D eigenvalue weighted by molar-refractivity contribution is 0.384. The first-order chi connectivity index (χ1) is 28.9. The smallest absolute Gasteiger partial charge is 0.0450 e. The Kier molecular flexibility index (Phi) is 20.6. The van der Waals surface area contributed by atoms with Crippen LogP contribution in [0.25, 0.3) is 0 Å². The minimum absolute atomic E-state index is 0.521. The Morgan fingerprint density at radius 2 is 0.797 bits per heavy atom. The van der Waals surface area contributed by atoms with Crippen LogP contribution in [0, 0.1) is 35.5 Å². The number of halogens is 2. The molecular formula is C57H72Cl2. The summed E-state index contributed by atoms with van der Waals surface area (Å²) in [6, 6.07) is 31.5. The summed E-state index contributed by atoms with van der Waals surface area (Å²) in [7, 11) is 0. The van der Waals surface area contributed by atoms with Crippen LogP contribution in [0.15, 0.2) is 84.9 Å². The van der Waals surface area contributed by atoms with Gasteiger partial charge in [-0.2, -0.15) is 0 Å². The molecule has 0 amide bonds. The Bertz CT molecular complexity index is 1930. The summed E-state index contributed by atoms with van der Waals surface area (Å²) < 4.78 is 0. The third kappa shape index (κ3) is 15.8. The predicted molar refractivity (Wildman–Crippen MR) is 258 cm³/mol. The van der Waals surface area contributed by atoms with E-state index in [0.29, 0.717) is 23.7 Å². The van der Waals surface area contributed by atoms with Crippen LogP contribution in [0.1, 0.15) is 193 Å². The lowest BCUT2D eigenvalue weighted by Gasteiger charge is -2.26. The minimum Gasteiger partial charge on any atom is -0.0945 e. The van der Waals surface area contributed by atoms with Gasteiger partial charge in [-0.1, -0.05) is 167 Å². The van der Waals surface area contributed by atoms with E-state index in [2.05, 4.69) is 124 Å². The molecule has 59 heavy (non-hydrogen) atoms. The van der Waals surface area contributed by atoms with Crippen molar-refractivity contribution in [2.45, 2.75) is 174 Å².